The standard InChI is InChI=1S/C24H32O3/c25-21(16-18-8-4-3-5-9-18)14-15-23-20-13-12-19(17-20)22(23)10-6-1-2-7-11-24(26)27/h1,3-6,8-9,14-15,19-23,25H,2,7,10-13,16-17H2,(H,26,27)/b6-1-,15-14+/t19-,20+,21?,22-,23+/m1/s1. The van der Waals surface area contributed by atoms with Crippen molar-refractivity contribution in [1.29, 1.82) is 0 Å². The van der Waals surface area contributed by atoms with E-state index in [9.17, 15) is 9.90 Å². The Bertz CT molecular complexity index is 649. The first-order valence-electron chi connectivity index (χ1n) is 10.4. The maximum Gasteiger partial charge on any atom is 0.303 e. The summed E-state index contributed by atoms with van der Waals surface area (Å²) in [6, 6.07) is 10.2. The normalized spacial score (nSPS) is 28.3. The Hall–Kier alpha value is -1.87. The molecule has 0 spiro atoms. The van der Waals surface area contributed by atoms with Crippen LogP contribution >= 0.6 is 0 Å². The van der Waals surface area contributed by atoms with Gasteiger partial charge in [0.2, 0.25) is 0 Å². The number of carbonyl (C=O) groups is 1. The van der Waals surface area contributed by atoms with Gasteiger partial charge in [0.05, 0.1) is 6.10 Å². The molecule has 1 aromatic rings. The number of aliphatic hydroxyl groups excluding tert-OH is 1. The second-order valence-electron chi connectivity index (χ2n) is 8.21. The molecule has 2 bridgehead atoms. The minimum atomic E-state index is -0.712. The predicted molar refractivity (Wildman–Crippen MR) is 108 cm³/mol. The van der Waals surface area contributed by atoms with E-state index in [1.165, 1.54) is 24.8 Å². The molecular weight excluding hydrogens is 336 g/mol. The molecule has 0 amide bonds. The first-order chi connectivity index (χ1) is 13.1. The van der Waals surface area contributed by atoms with E-state index in [4.69, 9.17) is 5.11 Å². The summed E-state index contributed by atoms with van der Waals surface area (Å²) in [5, 5.41) is 19.1. The molecule has 0 aromatic heterocycles. The molecule has 0 heterocycles. The molecular formula is C24H32O3. The van der Waals surface area contributed by atoms with Crippen LogP contribution in [0.2, 0.25) is 0 Å². The number of hydrogen-bond acceptors (Lipinski definition) is 2. The van der Waals surface area contributed by atoms with E-state index >= 15 is 0 Å². The van der Waals surface area contributed by atoms with Gasteiger partial charge in [-0.1, -0.05) is 54.6 Å². The number of aliphatic hydroxyl groups is 1. The van der Waals surface area contributed by atoms with Crippen molar-refractivity contribution in [1.82, 2.24) is 0 Å². The van der Waals surface area contributed by atoms with E-state index in [0.29, 0.717) is 18.3 Å². The molecule has 3 rings (SSSR count). The van der Waals surface area contributed by atoms with Gasteiger partial charge < -0.3 is 10.2 Å². The molecule has 2 aliphatic rings. The largest absolute Gasteiger partial charge is 0.481 e. The molecule has 0 aliphatic heterocycles. The fourth-order valence-electron chi connectivity index (χ4n) is 5.03. The summed E-state index contributed by atoms with van der Waals surface area (Å²) in [7, 11) is 0. The number of carboxylic acids is 1. The molecule has 3 nitrogen and oxygen atoms in total. The summed E-state index contributed by atoms with van der Waals surface area (Å²) in [4.78, 5) is 10.6. The zero-order valence-electron chi connectivity index (χ0n) is 16.0. The van der Waals surface area contributed by atoms with Gasteiger partial charge in [0.15, 0.2) is 0 Å². The number of carboxylic acid groups (broad SMARTS) is 1. The SMILES string of the molecule is O=C(O)CCC/C=C\C[C@@H]1[C@@H]2CC[C@@H](C2)[C@@H]1/C=C/C(O)Cc1ccccc1. The lowest BCUT2D eigenvalue weighted by atomic mass is 9.77. The first-order valence-corrected chi connectivity index (χ1v) is 10.4. The molecule has 0 radical (unpaired) electrons. The summed E-state index contributed by atoms with van der Waals surface area (Å²) in [5.41, 5.74) is 1.17. The minimum Gasteiger partial charge on any atom is -0.481 e. The molecule has 2 fully saturated rings. The highest BCUT2D eigenvalue weighted by atomic mass is 16.4. The Morgan fingerprint density at radius 2 is 1.93 bits per heavy atom. The van der Waals surface area contributed by atoms with Gasteiger partial charge in [-0.2, -0.15) is 0 Å². The third-order valence-corrected chi connectivity index (χ3v) is 6.34. The van der Waals surface area contributed by atoms with Crippen LogP contribution in [0.1, 0.15) is 50.5 Å². The Labute approximate surface area is 162 Å². The highest BCUT2D eigenvalue weighted by molar-refractivity contribution is 5.66. The molecule has 0 saturated heterocycles. The molecule has 1 aromatic carbocycles. The van der Waals surface area contributed by atoms with E-state index in [1.54, 1.807) is 0 Å². The van der Waals surface area contributed by atoms with Crippen LogP contribution in [0.15, 0.2) is 54.6 Å². The van der Waals surface area contributed by atoms with Crippen molar-refractivity contribution in [3.8, 4) is 0 Å². The van der Waals surface area contributed by atoms with Crippen LogP contribution in [0.5, 0.6) is 0 Å². The zero-order chi connectivity index (χ0) is 19.1. The molecule has 27 heavy (non-hydrogen) atoms. The lowest BCUT2D eigenvalue weighted by Crippen LogP contribution is -2.21. The van der Waals surface area contributed by atoms with Crippen molar-refractivity contribution in [2.24, 2.45) is 23.7 Å². The first kappa shape index (κ1) is 19.9. The summed E-state index contributed by atoms with van der Waals surface area (Å²) in [6.07, 6.45) is 15.9. The van der Waals surface area contributed by atoms with Gasteiger partial charge in [0.25, 0.3) is 0 Å². The van der Waals surface area contributed by atoms with E-state index in [1.807, 2.05) is 24.3 Å². The summed E-state index contributed by atoms with van der Waals surface area (Å²) in [6.45, 7) is 0. The third-order valence-electron chi connectivity index (χ3n) is 6.34. The van der Waals surface area contributed by atoms with Crippen LogP contribution < -0.4 is 0 Å². The highest BCUT2D eigenvalue weighted by Gasteiger charge is 2.45. The molecule has 2 aliphatic carbocycles. The van der Waals surface area contributed by atoms with Crippen molar-refractivity contribution in [2.75, 3.05) is 0 Å². The Kier molecular flexibility index (Phi) is 7.28. The van der Waals surface area contributed by atoms with Gasteiger partial charge in [-0.3, -0.25) is 4.79 Å². The fourth-order valence-corrected chi connectivity index (χ4v) is 5.03. The highest BCUT2D eigenvalue weighted by Crippen LogP contribution is 2.54. The maximum atomic E-state index is 10.6. The molecule has 2 N–H and O–H groups in total. The van der Waals surface area contributed by atoms with Crippen molar-refractivity contribution < 1.29 is 15.0 Å². The van der Waals surface area contributed by atoms with Crippen LogP contribution in [0.25, 0.3) is 0 Å². The molecule has 1 unspecified atom stereocenters. The average molecular weight is 369 g/mol. The van der Waals surface area contributed by atoms with E-state index in [-0.39, 0.29) is 6.42 Å². The number of aliphatic carboxylic acids is 1. The van der Waals surface area contributed by atoms with Gasteiger partial charge in [0, 0.05) is 12.8 Å². The fraction of sp³-hybridized carbons (Fsp3) is 0.542. The van der Waals surface area contributed by atoms with Crippen molar-refractivity contribution in [2.45, 2.75) is 57.5 Å². The van der Waals surface area contributed by atoms with E-state index in [2.05, 4.69) is 30.4 Å². The quantitative estimate of drug-likeness (QED) is 0.451. The molecule has 146 valence electrons. The van der Waals surface area contributed by atoms with Gasteiger partial charge >= 0.3 is 5.97 Å². The number of allylic oxidation sites excluding steroid dienone is 3. The lowest BCUT2D eigenvalue weighted by Gasteiger charge is -2.28. The maximum absolute atomic E-state index is 10.6. The Morgan fingerprint density at radius 3 is 2.70 bits per heavy atom. The summed E-state index contributed by atoms with van der Waals surface area (Å²) < 4.78 is 0. The van der Waals surface area contributed by atoms with E-state index in [0.717, 1.165) is 31.1 Å². The van der Waals surface area contributed by atoms with Crippen LogP contribution in [-0.4, -0.2) is 22.3 Å². The monoisotopic (exact) mass is 368 g/mol. The topological polar surface area (TPSA) is 57.5 Å². The number of benzene rings is 1. The van der Waals surface area contributed by atoms with Gasteiger partial charge in [-0.05, 0) is 67.8 Å². The Balaban J connectivity index is 1.50. The van der Waals surface area contributed by atoms with Crippen molar-refractivity contribution in [3.05, 3.63) is 60.2 Å². The summed E-state index contributed by atoms with van der Waals surface area (Å²) >= 11 is 0. The van der Waals surface area contributed by atoms with Gasteiger partial charge in [-0.25, -0.2) is 0 Å². The number of hydrogen-bond donors (Lipinski definition) is 2. The molecule has 2 saturated carbocycles. The zero-order valence-corrected chi connectivity index (χ0v) is 16.0. The third kappa shape index (κ3) is 5.80. The second-order valence-corrected chi connectivity index (χ2v) is 8.21. The molecule has 3 heteroatoms. The van der Waals surface area contributed by atoms with Crippen LogP contribution in [0.3, 0.4) is 0 Å². The minimum absolute atomic E-state index is 0.253. The predicted octanol–water partition coefficient (Wildman–Crippen LogP) is 5.01. The summed E-state index contributed by atoms with van der Waals surface area (Å²) in [5.74, 6) is 2.15. The van der Waals surface area contributed by atoms with Crippen LogP contribution in [-0.2, 0) is 11.2 Å². The van der Waals surface area contributed by atoms with E-state index < -0.39 is 12.1 Å². The number of rotatable bonds is 10. The van der Waals surface area contributed by atoms with Crippen molar-refractivity contribution in [3.63, 3.8) is 0 Å². The Morgan fingerprint density at radius 1 is 1.15 bits per heavy atom. The number of fused-ring (bicyclic) bond motifs is 2. The average Bonchev–Trinajstić information content (AvgIpc) is 3.25. The second kappa shape index (κ2) is 9.89. The number of unbranched alkanes of at least 4 members (excludes halogenated alkanes) is 1. The van der Waals surface area contributed by atoms with Gasteiger partial charge in [-0.15, -0.1) is 0 Å². The van der Waals surface area contributed by atoms with Crippen LogP contribution in [0.4, 0.5) is 0 Å². The van der Waals surface area contributed by atoms with Crippen molar-refractivity contribution >= 4 is 5.97 Å². The van der Waals surface area contributed by atoms with Gasteiger partial charge in [0.1, 0.15) is 0 Å². The smallest absolute Gasteiger partial charge is 0.303 e. The molecule has 5 atom stereocenters. The van der Waals surface area contributed by atoms with Crippen LogP contribution in [0, 0.1) is 23.7 Å². The lowest BCUT2D eigenvalue weighted by molar-refractivity contribution is -0.137.